The fourth-order valence-corrected chi connectivity index (χ4v) is 8.24. The smallest absolute Gasteiger partial charge is 0.160 e. The van der Waals surface area contributed by atoms with Gasteiger partial charge in [0.25, 0.3) is 0 Å². The van der Waals surface area contributed by atoms with Gasteiger partial charge in [-0.2, -0.15) is 0 Å². The number of pyridine rings is 1. The number of hydrogen-bond acceptors (Lipinski definition) is 5. The molecule has 0 saturated heterocycles. The van der Waals surface area contributed by atoms with Crippen molar-refractivity contribution in [3.8, 4) is 101 Å². The zero-order valence-corrected chi connectivity index (χ0v) is 34.8. The molecule has 0 aliphatic rings. The van der Waals surface area contributed by atoms with E-state index >= 15 is 0 Å². The third-order valence-electron chi connectivity index (χ3n) is 11.5. The molecule has 11 aromatic rings. The van der Waals surface area contributed by atoms with Gasteiger partial charge in [0, 0.05) is 45.1 Å². The maximum absolute atomic E-state index is 5.23. The number of benzene rings is 8. The molecule has 0 bridgehead atoms. The summed E-state index contributed by atoms with van der Waals surface area (Å²) in [6.45, 7) is 0. The molecular formula is C59H39N5. The molecule has 0 atom stereocenters. The van der Waals surface area contributed by atoms with Gasteiger partial charge >= 0.3 is 0 Å². The van der Waals surface area contributed by atoms with Crippen LogP contribution in [0.5, 0.6) is 0 Å². The lowest BCUT2D eigenvalue weighted by Gasteiger charge is -2.14. The van der Waals surface area contributed by atoms with Crippen LogP contribution in [-0.4, -0.2) is 24.9 Å². The third-order valence-corrected chi connectivity index (χ3v) is 11.5. The molecule has 11 rings (SSSR count). The lowest BCUT2D eigenvalue weighted by Crippen LogP contribution is -1.96. The zero-order chi connectivity index (χ0) is 42.7. The Bertz CT molecular complexity index is 3370. The summed E-state index contributed by atoms with van der Waals surface area (Å²) >= 11 is 0. The molecule has 0 spiro atoms. The Hall–Kier alpha value is -8.67. The Kier molecular flexibility index (Phi) is 10.2. The second-order valence-corrected chi connectivity index (χ2v) is 15.8. The summed E-state index contributed by atoms with van der Waals surface area (Å²) < 4.78 is 0. The standard InChI is InChI=1S/C59H39N5/c1-4-17-41(18-5-1)54-38-56(63-58(61-54)43-21-8-3-9-22-43)47-26-14-24-45(32-47)50-35-51(37-52(36-50)53-28-12-13-31-60-53)46-25-15-27-48(33-46)57-39-55(42-19-6-2-7-20-42)62-59(64-57)49-30-29-40-16-10-11-23-44(40)34-49/h1-39H. The summed E-state index contributed by atoms with van der Waals surface area (Å²) in [5.41, 5.74) is 15.6. The minimum Gasteiger partial charge on any atom is -0.256 e. The van der Waals surface area contributed by atoms with E-state index in [2.05, 4.69) is 164 Å². The highest BCUT2D eigenvalue weighted by molar-refractivity contribution is 5.88. The Morgan fingerprint density at radius 3 is 1.17 bits per heavy atom. The van der Waals surface area contributed by atoms with Crippen LogP contribution in [0.2, 0.25) is 0 Å². The van der Waals surface area contributed by atoms with Crippen molar-refractivity contribution in [3.63, 3.8) is 0 Å². The third kappa shape index (κ3) is 7.97. The van der Waals surface area contributed by atoms with Crippen LogP contribution in [-0.2, 0) is 0 Å². The average Bonchev–Trinajstić information content (AvgIpc) is 3.39. The van der Waals surface area contributed by atoms with Crippen molar-refractivity contribution in [2.24, 2.45) is 0 Å². The normalized spacial score (nSPS) is 11.1. The van der Waals surface area contributed by atoms with Crippen LogP contribution in [0.15, 0.2) is 237 Å². The van der Waals surface area contributed by atoms with E-state index in [4.69, 9.17) is 24.9 Å². The van der Waals surface area contributed by atoms with E-state index in [1.54, 1.807) is 0 Å². The molecule has 0 radical (unpaired) electrons. The Morgan fingerprint density at radius 1 is 0.203 bits per heavy atom. The molecule has 300 valence electrons. The summed E-state index contributed by atoms with van der Waals surface area (Å²) in [5.74, 6) is 1.37. The van der Waals surface area contributed by atoms with Crippen molar-refractivity contribution in [3.05, 3.63) is 237 Å². The number of aromatic nitrogens is 5. The highest BCUT2D eigenvalue weighted by Crippen LogP contribution is 2.37. The minimum atomic E-state index is 0.683. The van der Waals surface area contributed by atoms with Gasteiger partial charge in [0.1, 0.15) is 0 Å². The van der Waals surface area contributed by atoms with Gasteiger partial charge < -0.3 is 0 Å². The first kappa shape index (κ1) is 38.3. The number of nitrogens with zero attached hydrogens (tertiary/aromatic N) is 5. The van der Waals surface area contributed by atoms with E-state index in [0.717, 1.165) is 95.1 Å². The van der Waals surface area contributed by atoms with Crippen LogP contribution >= 0.6 is 0 Å². The van der Waals surface area contributed by atoms with Crippen LogP contribution in [0, 0.1) is 0 Å². The first-order valence-corrected chi connectivity index (χ1v) is 21.4. The van der Waals surface area contributed by atoms with E-state index in [1.807, 2.05) is 72.9 Å². The van der Waals surface area contributed by atoms with E-state index < -0.39 is 0 Å². The Morgan fingerprint density at radius 2 is 0.625 bits per heavy atom. The molecule has 5 heteroatoms. The van der Waals surface area contributed by atoms with Gasteiger partial charge in [0.05, 0.1) is 28.5 Å². The molecule has 3 heterocycles. The maximum Gasteiger partial charge on any atom is 0.160 e. The molecule has 5 nitrogen and oxygen atoms in total. The molecule has 0 unspecified atom stereocenters. The number of hydrogen-bond donors (Lipinski definition) is 0. The quantitative estimate of drug-likeness (QED) is 0.145. The molecule has 3 aromatic heterocycles. The first-order valence-electron chi connectivity index (χ1n) is 21.4. The van der Waals surface area contributed by atoms with E-state index in [9.17, 15) is 0 Å². The predicted molar refractivity (Wildman–Crippen MR) is 262 cm³/mol. The van der Waals surface area contributed by atoms with E-state index in [1.165, 1.54) is 5.39 Å². The van der Waals surface area contributed by atoms with Gasteiger partial charge in [-0.25, -0.2) is 19.9 Å². The highest BCUT2D eigenvalue weighted by atomic mass is 14.9. The summed E-state index contributed by atoms with van der Waals surface area (Å²) in [6, 6.07) is 79.8. The number of fused-ring (bicyclic) bond motifs is 1. The summed E-state index contributed by atoms with van der Waals surface area (Å²) in [4.78, 5) is 25.3. The van der Waals surface area contributed by atoms with Gasteiger partial charge in [-0.15, -0.1) is 0 Å². The molecule has 0 saturated carbocycles. The second-order valence-electron chi connectivity index (χ2n) is 15.8. The SMILES string of the molecule is c1ccc(-c2cc(-c3cccc(-c4cc(-c5cccc(-c6cc(-c7ccccc7)nc(-c7ccc8ccccc8c7)n6)c5)cc(-c5ccccn5)c4)c3)nc(-c3ccccc3)n2)cc1. The van der Waals surface area contributed by atoms with Crippen molar-refractivity contribution in [1.82, 2.24) is 24.9 Å². The van der Waals surface area contributed by atoms with Crippen molar-refractivity contribution < 1.29 is 0 Å². The van der Waals surface area contributed by atoms with Gasteiger partial charge in [0.15, 0.2) is 11.6 Å². The van der Waals surface area contributed by atoms with Crippen LogP contribution < -0.4 is 0 Å². The lowest BCUT2D eigenvalue weighted by molar-refractivity contribution is 1.18. The number of rotatable bonds is 9. The highest BCUT2D eigenvalue weighted by Gasteiger charge is 2.16. The van der Waals surface area contributed by atoms with Gasteiger partial charge in [-0.3, -0.25) is 4.98 Å². The van der Waals surface area contributed by atoms with Crippen LogP contribution in [0.25, 0.3) is 112 Å². The molecule has 0 aliphatic carbocycles. The van der Waals surface area contributed by atoms with Crippen LogP contribution in [0.1, 0.15) is 0 Å². The molecule has 8 aromatic carbocycles. The van der Waals surface area contributed by atoms with Crippen molar-refractivity contribution in [1.29, 1.82) is 0 Å². The molecule has 0 amide bonds. The summed E-state index contributed by atoms with van der Waals surface area (Å²) in [7, 11) is 0. The average molecular weight is 818 g/mol. The summed E-state index contributed by atoms with van der Waals surface area (Å²) in [6.07, 6.45) is 1.85. The Labute approximate surface area is 372 Å². The fraction of sp³-hybridized carbons (Fsp3) is 0. The van der Waals surface area contributed by atoms with E-state index in [-0.39, 0.29) is 0 Å². The molecule has 64 heavy (non-hydrogen) atoms. The Balaban J connectivity index is 1.02. The zero-order valence-electron chi connectivity index (χ0n) is 34.8. The van der Waals surface area contributed by atoms with Crippen LogP contribution in [0.3, 0.4) is 0 Å². The fourth-order valence-electron chi connectivity index (χ4n) is 8.24. The molecule has 0 N–H and O–H groups in total. The van der Waals surface area contributed by atoms with Crippen molar-refractivity contribution in [2.75, 3.05) is 0 Å². The van der Waals surface area contributed by atoms with E-state index in [0.29, 0.717) is 11.6 Å². The monoisotopic (exact) mass is 817 g/mol. The largest absolute Gasteiger partial charge is 0.256 e. The molecule has 0 aliphatic heterocycles. The van der Waals surface area contributed by atoms with Crippen molar-refractivity contribution >= 4 is 10.8 Å². The lowest BCUT2D eigenvalue weighted by atomic mass is 9.93. The summed E-state index contributed by atoms with van der Waals surface area (Å²) in [5, 5.41) is 2.33. The minimum absolute atomic E-state index is 0.683. The van der Waals surface area contributed by atoms with Gasteiger partial charge in [-0.1, -0.05) is 170 Å². The molecular weight excluding hydrogens is 779 g/mol. The first-order chi connectivity index (χ1) is 31.7. The van der Waals surface area contributed by atoms with Gasteiger partial charge in [0.2, 0.25) is 0 Å². The topological polar surface area (TPSA) is 64.5 Å². The predicted octanol–water partition coefficient (Wildman–Crippen LogP) is 14.8. The second kappa shape index (κ2) is 17.0. The molecule has 0 fully saturated rings. The van der Waals surface area contributed by atoms with Crippen LogP contribution in [0.4, 0.5) is 0 Å². The van der Waals surface area contributed by atoms with Crippen molar-refractivity contribution in [2.45, 2.75) is 0 Å². The van der Waals surface area contributed by atoms with Gasteiger partial charge in [-0.05, 0) is 93.7 Å². The maximum atomic E-state index is 5.23.